The topological polar surface area (TPSA) is 17.1 Å². The van der Waals surface area contributed by atoms with Gasteiger partial charge in [-0.1, -0.05) is 20.8 Å². The molecule has 0 heterocycles. The molecule has 0 saturated heterocycles. The van der Waals surface area contributed by atoms with E-state index >= 15 is 0 Å². The molecule has 0 unspecified atom stereocenters. The molecule has 0 radical (unpaired) electrons. The third-order valence-electron chi connectivity index (χ3n) is 8.96. The number of carbonyl (C=O) groups excluding carboxylic acids is 1. The summed E-state index contributed by atoms with van der Waals surface area (Å²) < 4.78 is 0. The lowest BCUT2D eigenvalue weighted by atomic mass is 9.45. The SMILES string of the molecule is C[C@@H]1CC[C@@H]2[C@@H]3CC[C@@H]4CC(=O)[C@H](Cl)C[C@]4(C)[C@@H]3CC[C@@]12C. The Kier molecular flexibility index (Phi) is 3.50. The average molecular weight is 323 g/mol. The van der Waals surface area contributed by atoms with Crippen LogP contribution in [0.3, 0.4) is 0 Å². The van der Waals surface area contributed by atoms with Gasteiger partial charge >= 0.3 is 0 Å². The van der Waals surface area contributed by atoms with Crippen molar-refractivity contribution in [2.75, 3.05) is 0 Å². The molecule has 0 N–H and O–H groups in total. The van der Waals surface area contributed by atoms with Crippen molar-refractivity contribution < 1.29 is 4.79 Å². The molecule has 0 aromatic rings. The van der Waals surface area contributed by atoms with E-state index in [0.717, 1.165) is 36.5 Å². The van der Waals surface area contributed by atoms with Crippen molar-refractivity contribution in [3.8, 4) is 0 Å². The number of fused-ring (bicyclic) bond motifs is 5. The van der Waals surface area contributed by atoms with Crippen LogP contribution in [0.5, 0.6) is 0 Å². The van der Waals surface area contributed by atoms with Gasteiger partial charge in [-0.2, -0.15) is 0 Å². The van der Waals surface area contributed by atoms with E-state index in [4.69, 9.17) is 11.6 Å². The first-order valence-electron chi connectivity index (χ1n) is 9.53. The maximum absolute atomic E-state index is 12.1. The molecule has 4 aliphatic rings. The van der Waals surface area contributed by atoms with Crippen LogP contribution in [-0.2, 0) is 4.79 Å². The molecule has 4 fully saturated rings. The normalized spacial score (nSPS) is 57.9. The van der Waals surface area contributed by atoms with E-state index in [1.807, 2.05) is 0 Å². The summed E-state index contributed by atoms with van der Waals surface area (Å²) in [4.78, 5) is 12.1. The Bertz CT molecular complexity index is 488. The highest BCUT2D eigenvalue weighted by Crippen LogP contribution is 2.67. The Balaban J connectivity index is 1.65. The Morgan fingerprint density at radius 3 is 2.50 bits per heavy atom. The second-order valence-electron chi connectivity index (χ2n) is 9.52. The first-order valence-corrected chi connectivity index (χ1v) is 9.96. The number of hydrogen-bond acceptors (Lipinski definition) is 1. The lowest BCUT2D eigenvalue weighted by Gasteiger charge is -2.60. The zero-order chi connectivity index (χ0) is 15.7. The Hall–Kier alpha value is -0.0400. The van der Waals surface area contributed by atoms with E-state index in [1.165, 1.54) is 38.5 Å². The van der Waals surface area contributed by atoms with E-state index in [0.29, 0.717) is 22.5 Å². The molecule has 2 heteroatoms. The van der Waals surface area contributed by atoms with Gasteiger partial charge in [-0.15, -0.1) is 11.6 Å². The van der Waals surface area contributed by atoms with Gasteiger partial charge in [-0.3, -0.25) is 4.79 Å². The zero-order valence-corrected chi connectivity index (χ0v) is 15.2. The van der Waals surface area contributed by atoms with E-state index in [-0.39, 0.29) is 5.38 Å². The van der Waals surface area contributed by atoms with Gasteiger partial charge in [0, 0.05) is 6.42 Å². The number of alkyl halides is 1. The fourth-order valence-electron chi connectivity index (χ4n) is 7.32. The molecule has 1 nitrogen and oxygen atoms in total. The first-order chi connectivity index (χ1) is 10.4. The minimum Gasteiger partial charge on any atom is -0.298 e. The van der Waals surface area contributed by atoms with Crippen molar-refractivity contribution in [2.24, 2.45) is 40.4 Å². The van der Waals surface area contributed by atoms with E-state index < -0.39 is 0 Å². The molecule has 0 aliphatic heterocycles. The van der Waals surface area contributed by atoms with Gasteiger partial charge in [0.2, 0.25) is 0 Å². The quantitative estimate of drug-likeness (QED) is 0.542. The van der Waals surface area contributed by atoms with E-state index in [2.05, 4.69) is 20.8 Å². The van der Waals surface area contributed by atoms with Gasteiger partial charge in [-0.05, 0) is 85.4 Å². The van der Waals surface area contributed by atoms with Crippen LogP contribution < -0.4 is 0 Å². The standard InChI is InChI=1S/C20H31ClO/c1-12-4-7-15-14-6-5-13-10-18(22)17(21)11-20(13,3)16(14)8-9-19(12,15)2/h12-17H,4-11H2,1-3H3/t12-,13-,14+,15-,16-,17-,19+,20+/m1/s1. The summed E-state index contributed by atoms with van der Waals surface area (Å²) in [5.41, 5.74) is 0.922. The fourth-order valence-corrected chi connectivity index (χ4v) is 7.74. The monoisotopic (exact) mass is 322 g/mol. The van der Waals surface area contributed by atoms with Crippen molar-refractivity contribution in [1.82, 2.24) is 0 Å². The summed E-state index contributed by atoms with van der Waals surface area (Å²) in [6.45, 7) is 7.55. The number of halogens is 1. The van der Waals surface area contributed by atoms with Crippen LogP contribution in [0.25, 0.3) is 0 Å². The molecule has 0 amide bonds. The highest BCUT2D eigenvalue weighted by atomic mass is 35.5. The molecule has 124 valence electrons. The van der Waals surface area contributed by atoms with Gasteiger partial charge in [-0.25, -0.2) is 0 Å². The van der Waals surface area contributed by atoms with Crippen molar-refractivity contribution in [1.29, 1.82) is 0 Å². The fraction of sp³-hybridized carbons (Fsp3) is 0.950. The number of Topliss-reactive ketones (excluding diaryl/α,β-unsaturated/α-hetero) is 1. The molecule has 4 aliphatic carbocycles. The van der Waals surface area contributed by atoms with Gasteiger partial charge in [0.25, 0.3) is 0 Å². The maximum atomic E-state index is 12.1. The molecule has 0 aromatic carbocycles. The smallest absolute Gasteiger partial charge is 0.150 e. The van der Waals surface area contributed by atoms with Crippen molar-refractivity contribution in [3.05, 3.63) is 0 Å². The summed E-state index contributed by atoms with van der Waals surface area (Å²) >= 11 is 6.42. The lowest BCUT2D eigenvalue weighted by molar-refractivity contribution is -0.138. The van der Waals surface area contributed by atoms with Gasteiger partial charge in [0.05, 0.1) is 5.38 Å². The second kappa shape index (κ2) is 4.98. The predicted octanol–water partition coefficient (Wildman–Crippen LogP) is 5.45. The van der Waals surface area contributed by atoms with Crippen LogP contribution in [0, 0.1) is 40.4 Å². The first kappa shape index (κ1) is 15.5. The van der Waals surface area contributed by atoms with Crippen LogP contribution in [0.15, 0.2) is 0 Å². The third kappa shape index (κ3) is 1.93. The highest BCUT2D eigenvalue weighted by Gasteiger charge is 2.60. The van der Waals surface area contributed by atoms with Crippen LogP contribution >= 0.6 is 11.6 Å². The Morgan fingerprint density at radius 1 is 1.00 bits per heavy atom. The molecule has 4 saturated carbocycles. The average Bonchev–Trinajstić information content (AvgIpc) is 2.77. The third-order valence-corrected chi connectivity index (χ3v) is 9.35. The summed E-state index contributed by atoms with van der Waals surface area (Å²) in [5.74, 6) is 4.49. The molecule has 22 heavy (non-hydrogen) atoms. The summed E-state index contributed by atoms with van der Waals surface area (Å²) in [5, 5.41) is -0.212. The molecular formula is C20H31ClO. The van der Waals surface area contributed by atoms with Crippen LogP contribution in [-0.4, -0.2) is 11.2 Å². The predicted molar refractivity (Wildman–Crippen MR) is 90.9 cm³/mol. The van der Waals surface area contributed by atoms with Crippen molar-refractivity contribution in [3.63, 3.8) is 0 Å². The zero-order valence-electron chi connectivity index (χ0n) is 14.4. The summed E-state index contributed by atoms with van der Waals surface area (Å²) in [7, 11) is 0. The minimum absolute atomic E-state index is 0.212. The van der Waals surface area contributed by atoms with E-state index in [1.54, 1.807) is 0 Å². The second-order valence-corrected chi connectivity index (χ2v) is 10.0. The molecule has 0 spiro atoms. The van der Waals surface area contributed by atoms with Gasteiger partial charge in [0.1, 0.15) is 0 Å². The summed E-state index contributed by atoms with van der Waals surface area (Å²) in [6.07, 6.45) is 10.0. The van der Waals surface area contributed by atoms with Gasteiger partial charge in [0.15, 0.2) is 5.78 Å². The number of carbonyl (C=O) groups is 1. The number of rotatable bonds is 0. The molecule has 0 aromatic heterocycles. The summed E-state index contributed by atoms with van der Waals surface area (Å²) in [6, 6.07) is 0. The van der Waals surface area contributed by atoms with Crippen molar-refractivity contribution >= 4 is 17.4 Å². The number of hydrogen-bond donors (Lipinski definition) is 0. The van der Waals surface area contributed by atoms with Gasteiger partial charge < -0.3 is 0 Å². The van der Waals surface area contributed by atoms with Crippen LogP contribution in [0.2, 0.25) is 0 Å². The minimum atomic E-state index is -0.212. The Labute approximate surface area is 140 Å². The number of ketones is 1. The van der Waals surface area contributed by atoms with Crippen molar-refractivity contribution in [2.45, 2.75) is 77.5 Å². The lowest BCUT2D eigenvalue weighted by Crippen LogP contribution is -2.55. The molecule has 4 rings (SSSR count). The highest BCUT2D eigenvalue weighted by molar-refractivity contribution is 6.31. The largest absolute Gasteiger partial charge is 0.298 e. The van der Waals surface area contributed by atoms with Crippen LogP contribution in [0.4, 0.5) is 0 Å². The molecule has 0 bridgehead atoms. The van der Waals surface area contributed by atoms with Crippen LogP contribution in [0.1, 0.15) is 72.1 Å². The maximum Gasteiger partial charge on any atom is 0.150 e. The molecule has 8 atom stereocenters. The van der Waals surface area contributed by atoms with E-state index in [9.17, 15) is 4.79 Å². The Morgan fingerprint density at radius 2 is 1.73 bits per heavy atom. The molecular weight excluding hydrogens is 292 g/mol.